The van der Waals surface area contributed by atoms with Gasteiger partial charge in [-0.25, -0.2) is 8.42 Å². The third-order valence-corrected chi connectivity index (χ3v) is 4.34. The van der Waals surface area contributed by atoms with Crippen molar-refractivity contribution in [3.8, 4) is 0 Å². The first kappa shape index (κ1) is 26.8. The molecule has 0 spiro atoms. The second-order valence-corrected chi connectivity index (χ2v) is 6.93. The van der Waals surface area contributed by atoms with Gasteiger partial charge in [0.2, 0.25) is 0 Å². The molecule has 0 aliphatic rings. The molecule has 0 heterocycles. The van der Waals surface area contributed by atoms with Crippen LogP contribution in [0.15, 0.2) is 12.2 Å². The number of carbonyl (C=O) groups is 2. The zero-order valence-electron chi connectivity index (χ0n) is 15.4. The van der Waals surface area contributed by atoms with Gasteiger partial charge in [-0.1, -0.05) is 51.2 Å². The van der Waals surface area contributed by atoms with E-state index in [4.69, 9.17) is 4.74 Å². The molecule has 0 bridgehead atoms. The van der Waals surface area contributed by atoms with E-state index in [0.29, 0.717) is 6.42 Å². The summed E-state index contributed by atoms with van der Waals surface area (Å²) in [5.41, 5.74) is 0. The number of carbonyl (C=O) groups excluding carboxylic acids is 2. The molecule has 140 valence electrons. The van der Waals surface area contributed by atoms with Crippen LogP contribution >= 0.6 is 0 Å². The average molecular weight is 386 g/mol. The zero-order chi connectivity index (χ0) is 18.4. The minimum Gasteiger partial charge on any atom is -0.747 e. The summed E-state index contributed by atoms with van der Waals surface area (Å²) < 4.78 is 42.9. The minimum atomic E-state index is -4.99. The fourth-order valence-electron chi connectivity index (χ4n) is 1.90. The zero-order valence-corrected chi connectivity index (χ0v) is 18.2. The van der Waals surface area contributed by atoms with Gasteiger partial charge in [-0.15, -0.1) is 0 Å². The van der Waals surface area contributed by atoms with E-state index >= 15 is 0 Å². The van der Waals surface area contributed by atoms with Crippen molar-refractivity contribution in [3.05, 3.63) is 12.2 Å². The van der Waals surface area contributed by atoms with E-state index in [-0.39, 0.29) is 42.8 Å². The molecule has 7 nitrogen and oxygen atoms in total. The maximum absolute atomic E-state index is 11.6. The normalized spacial score (nSPS) is 12.4. The predicted molar refractivity (Wildman–Crippen MR) is 88.2 cm³/mol. The number of unbranched alkanes of at least 4 members (excludes halogenated alkanes) is 5. The van der Waals surface area contributed by atoms with E-state index in [1.807, 2.05) is 0 Å². The van der Waals surface area contributed by atoms with Gasteiger partial charge in [-0.3, -0.25) is 9.59 Å². The third-order valence-electron chi connectivity index (χ3n) is 3.28. The summed E-state index contributed by atoms with van der Waals surface area (Å²) in [7, 11) is -4.99. The topological polar surface area (TPSA) is 110 Å². The van der Waals surface area contributed by atoms with Gasteiger partial charge in [-0.05, 0) is 13.3 Å². The Balaban J connectivity index is 0. The summed E-state index contributed by atoms with van der Waals surface area (Å²) in [6.45, 7) is 3.79. The fraction of sp³-hybridized carbons (Fsp3) is 0.750. The number of hydrogen-bond acceptors (Lipinski definition) is 7. The van der Waals surface area contributed by atoms with E-state index in [1.54, 1.807) is 13.0 Å². The van der Waals surface area contributed by atoms with Crippen molar-refractivity contribution in [1.82, 2.24) is 0 Å². The largest absolute Gasteiger partial charge is 1.00 e. The van der Waals surface area contributed by atoms with Gasteiger partial charge in [0.15, 0.2) is 5.25 Å². The molecule has 0 rings (SSSR count). The second-order valence-electron chi connectivity index (χ2n) is 5.37. The van der Waals surface area contributed by atoms with E-state index < -0.39 is 33.7 Å². The Bertz CT molecular complexity index is 503. The second kappa shape index (κ2) is 15.8. The van der Waals surface area contributed by atoms with Crippen LogP contribution in [0.5, 0.6) is 0 Å². The summed E-state index contributed by atoms with van der Waals surface area (Å²) in [5.74, 6) is -2.13. The van der Waals surface area contributed by atoms with Crippen molar-refractivity contribution in [2.24, 2.45) is 0 Å². The van der Waals surface area contributed by atoms with Crippen LogP contribution in [0, 0.1) is 0 Å². The molecule has 25 heavy (non-hydrogen) atoms. The SMILES string of the molecule is C/C=C/COC(=O)C(CC(=O)OCCCCCCCC)S(=O)(=O)[O-].[Na+]. The monoisotopic (exact) mass is 386 g/mol. The molecule has 0 aliphatic heterocycles. The summed E-state index contributed by atoms with van der Waals surface area (Å²) in [6.07, 6.45) is 8.29. The molecule has 0 aliphatic carbocycles. The number of rotatable bonds is 13. The molecule has 0 saturated heterocycles. The summed E-state index contributed by atoms with van der Waals surface area (Å²) in [6, 6.07) is 0. The first-order chi connectivity index (χ1) is 11.3. The summed E-state index contributed by atoms with van der Waals surface area (Å²) in [4.78, 5) is 23.3. The van der Waals surface area contributed by atoms with Gasteiger partial charge in [0.25, 0.3) is 0 Å². The van der Waals surface area contributed by atoms with Crippen LogP contribution in [0.2, 0.25) is 0 Å². The van der Waals surface area contributed by atoms with Gasteiger partial charge in [-0.2, -0.15) is 0 Å². The Labute approximate surface area is 172 Å². The van der Waals surface area contributed by atoms with Crippen LogP contribution in [0.25, 0.3) is 0 Å². The molecule has 1 atom stereocenters. The molecule has 0 fully saturated rings. The van der Waals surface area contributed by atoms with E-state index in [0.717, 1.165) is 32.1 Å². The van der Waals surface area contributed by atoms with Crippen LogP contribution in [0.4, 0.5) is 0 Å². The van der Waals surface area contributed by atoms with Gasteiger partial charge >= 0.3 is 41.5 Å². The number of esters is 2. The molecule has 0 saturated carbocycles. The Morgan fingerprint density at radius 2 is 1.68 bits per heavy atom. The first-order valence-electron chi connectivity index (χ1n) is 8.21. The van der Waals surface area contributed by atoms with Gasteiger partial charge in [0, 0.05) is 0 Å². The van der Waals surface area contributed by atoms with Crippen LogP contribution in [-0.4, -0.2) is 43.4 Å². The Morgan fingerprint density at radius 3 is 2.24 bits per heavy atom. The first-order valence-corrected chi connectivity index (χ1v) is 9.68. The number of allylic oxidation sites excluding steroid dienone is 1. The van der Waals surface area contributed by atoms with Gasteiger partial charge in [0.05, 0.1) is 13.0 Å². The van der Waals surface area contributed by atoms with Crippen LogP contribution < -0.4 is 29.6 Å². The van der Waals surface area contributed by atoms with Crippen molar-refractivity contribution in [3.63, 3.8) is 0 Å². The van der Waals surface area contributed by atoms with Crippen molar-refractivity contribution in [2.75, 3.05) is 13.2 Å². The minimum absolute atomic E-state index is 0. The van der Waals surface area contributed by atoms with Gasteiger partial charge in [0.1, 0.15) is 16.7 Å². The van der Waals surface area contributed by atoms with Crippen LogP contribution in [-0.2, 0) is 29.2 Å². The van der Waals surface area contributed by atoms with Crippen molar-refractivity contribution >= 4 is 22.1 Å². The number of ether oxygens (including phenoxy) is 2. The molecule has 1 unspecified atom stereocenters. The summed E-state index contributed by atoms with van der Waals surface area (Å²) >= 11 is 0. The molecule has 0 N–H and O–H groups in total. The Hall–Kier alpha value is -0.410. The van der Waals surface area contributed by atoms with E-state index in [1.165, 1.54) is 6.08 Å². The van der Waals surface area contributed by atoms with Crippen LogP contribution in [0.3, 0.4) is 0 Å². The molecule has 0 aromatic carbocycles. The predicted octanol–water partition coefficient (Wildman–Crippen LogP) is -0.683. The Kier molecular flexibility index (Phi) is 17.0. The molecule has 0 aromatic heterocycles. The smallest absolute Gasteiger partial charge is 0.747 e. The van der Waals surface area contributed by atoms with Crippen molar-refractivity contribution in [1.29, 1.82) is 0 Å². The average Bonchev–Trinajstić information content (AvgIpc) is 2.50. The molecule has 0 aromatic rings. The van der Waals surface area contributed by atoms with E-state index in [9.17, 15) is 22.6 Å². The van der Waals surface area contributed by atoms with Crippen molar-refractivity contribution in [2.45, 2.75) is 64.0 Å². The standard InChI is InChI=1S/C16H28O7S.Na/c1-3-5-7-8-9-10-12-22-15(17)13-14(24(19,20)21)16(18)23-11-6-4-2;/h4,6,14H,3,5,7-13H2,1-2H3,(H,19,20,21);/q;+1/p-1/b6-4+;. The third kappa shape index (κ3) is 14.4. The maximum atomic E-state index is 11.6. The summed E-state index contributed by atoms with van der Waals surface area (Å²) in [5, 5.41) is -2.07. The molecular weight excluding hydrogens is 359 g/mol. The molecule has 9 heteroatoms. The molecule has 0 amide bonds. The molecule has 0 radical (unpaired) electrons. The van der Waals surface area contributed by atoms with Gasteiger partial charge < -0.3 is 14.0 Å². The van der Waals surface area contributed by atoms with E-state index in [2.05, 4.69) is 11.7 Å². The molecular formula is C16H27NaO7S. The maximum Gasteiger partial charge on any atom is 1.00 e. The van der Waals surface area contributed by atoms with Crippen LogP contribution in [0.1, 0.15) is 58.8 Å². The Morgan fingerprint density at radius 1 is 1.08 bits per heavy atom. The number of hydrogen-bond donors (Lipinski definition) is 0. The quantitative estimate of drug-likeness (QED) is 0.136. The van der Waals surface area contributed by atoms with Crippen molar-refractivity contribution < 1.29 is 61.6 Å². The fourth-order valence-corrected chi connectivity index (χ4v) is 2.55.